The largest absolute Gasteiger partial charge is 0.143 e. The van der Waals surface area contributed by atoms with Crippen LogP contribution in [0.3, 0.4) is 0 Å². The van der Waals surface area contributed by atoms with Crippen LogP contribution in [0.4, 0.5) is 0 Å². The molecular formula is C16H14S. The van der Waals surface area contributed by atoms with Gasteiger partial charge >= 0.3 is 0 Å². The summed E-state index contributed by atoms with van der Waals surface area (Å²) < 4.78 is 0. The molecule has 84 valence electrons. The first kappa shape index (κ1) is 10.7. The number of hydrogen-bond donors (Lipinski definition) is 1. The fourth-order valence-electron chi connectivity index (χ4n) is 2.66. The SMILES string of the molecule is Cc1c2ccccc2c(C)c2c(S)cccc12. The van der Waals surface area contributed by atoms with Crippen molar-refractivity contribution in [2.24, 2.45) is 0 Å². The molecule has 0 N–H and O–H groups in total. The van der Waals surface area contributed by atoms with Gasteiger partial charge in [-0.15, -0.1) is 12.6 Å². The average molecular weight is 238 g/mol. The van der Waals surface area contributed by atoms with E-state index in [0.29, 0.717) is 0 Å². The van der Waals surface area contributed by atoms with E-state index in [1.807, 2.05) is 0 Å². The van der Waals surface area contributed by atoms with Crippen LogP contribution in [-0.4, -0.2) is 0 Å². The first-order valence-electron chi connectivity index (χ1n) is 5.79. The van der Waals surface area contributed by atoms with Crippen LogP contribution in [0.1, 0.15) is 11.1 Å². The van der Waals surface area contributed by atoms with E-state index < -0.39 is 0 Å². The molecular weight excluding hydrogens is 224 g/mol. The zero-order valence-electron chi connectivity index (χ0n) is 9.99. The maximum Gasteiger partial charge on any atom is 0.0122 e. The lowest BCUT2D eigenvalue weighted by Crippen LogP contribution is -1.88. The van der Waals surface area contributed by atoms with E-state index in [4.69, 9.17) is 0 Å². The Bertz CT molecular complexity index is 726. The summed E-state index contributed by atoms with van der Waals surface area (Å²) in [5.41, 5.74) is 2.67. The van der Waals surface area contributed by atoms with E-state index in [9.17, 15) is 0 Å². The molecule has 0 saturated carbocycles. The summed E-state index contributed by atoms with van der Waals surface area (Å²) in [6, 6.07) is 14.9. The van der Waals surface area contributed by atoms with Gasteiger partial charge in [0.25, 0.3) is 0 Å². The molecule has 3 aromatic carbocycles. The van der Waals surface area contributed by atoms with Gasteiger partial charge in [0.2, 0.25) is 0 Å². The van der Waals surface area contributed by atoms with E-state index >= 15 is 0 Å². The molecule has 0 aliphatic heterocycles. The normalized spacial score (nSPS) is 11.2. The van der Waals surface area contributed by atoms with Crippen molar-refractivity contribution >= 4 is 34.2 Å². The Morgan fingerprint density at radius 3 is 2.00 bits per heavy atom. The van der Waals surface area contributed by atoms with Crippen LogP contribution in [0.2, 0.25) is 0 Å². The summed E-state index contributed by atoms with van der Waals surface area (Å²) in [7, 11) is 0. The number of hydrogen-bond acceptors (Lipinski definition) is 1. The summed E-state index contributed by atoms with van der Waals surface area (Å²) in [6.45, 7) is 4.38. The van der Waals surface area contributed by atoms with Gasteiger partial charge in [-0.1, -0.05) is 36.4 Å². The molecule has 0 aliphatic carbocycles. The molecule has 1 heteroatoms. The number of fused-ring (bicyclic) bond motifs is 2. The zero-order valence-corrected chi connectivity index (χ0v) is 10.9. The highest BCUT2D eigenvalue weighted by atomic mass is 32.1. The highest BCUT2D eigenvalue weighted by Gasteiger charge is 2.09. The molecule has 0 bridgehead atoms. The second kappa shape index (κ2) is 3.78. The molecule has 0 amide bonds. The number of benzene rings is 3. The Kier molecular flexibility index (Phi) is 2.37. The minimum atomic E-state index is 1.06. The number of aryl methyl sites for hydroxylation is 2. The first-order valence-corrected chi connectivity index (χ1v) is 6.24. The highest BCUT2D eigenvalue weighted by Crippen LogP contribution is 2.34. The monoisotopic (exact) mass is 238 g/mol. The molecule has 3 aromatic rings. The molecule has 17 heavy (non-hydrogen) atoms. The number of thiol groups is 1. The van der Waals surface area contributed by atoms with Crippen molar-refractivity contribution in [2.45, 2.75) is 18.7 Å². The summed E-state index contributed by atoms with van der Waals surface area (Å²) in [5, 5.41) is 5.27. The molecule has 0 atom stereocenters. The quantitative estimate of drug-likeness (QED) is 0.418. The lowest BCUT2D eigenvalue weighted by Gasteiger charge is -2.13. The third-order valence-corrected chi connectivity index (χ3v) is 3.93. The molecule has 0 aliphatic rings. The predicted molar refractivity (Wildman–Crippen MR) is 78.2 cm³/mol. The van der Waals surface area contributed by atoms with Gasteiger partial charge in [0, 0.05) is 4.90 Å². The summed E-state index contributed by atoms with van der Waals surface area (Å²) in [6.07, 6.45) is 0. The van der Waals surface area contributed by atoms with Crippen LogP contribution >= 0.6 is 12.6 Å². The maximum atomic E-state index is 4.59. The summed E-state index contributed by atoms with van der Waals surface area (Å²) in [5.74, 6) is 0. The van der Waals surface area contributed by atoms with Gasteiger partial charge in [0.1, 0.15) is 0 Å². The second-order valence-corrected chi connectivity index (χ2v) is 4.98. The standard InChI is InChI=1S/C16H14S/c1-10-12-6-3-4-7-13(12)11(2)16-14(10)8-5-9-15(16)17/h3-9,17H,1-2H3. The van der Waals surface area contributed by atoms with Gasteiger partial charge < -0.3 is 0 Å². The minimum absolute atomic E-state index is 1.06. The summed E-state index contributed by atoms with van der Waals surface area (Å²) in [4.78, 5) is 1.06. The molecule has 0 unspecified atom stereocenters. The molecule has 0 nitrogen and oxygen atoms in total. The van der Waals surface area contributed by atoms with Gasteiger partial charge in [-0.3, -0.25) is 0 Å². The summed E-state index contributed by atoms with van der Waals surface area (Å²) >= 11 is 4.59. The van der Waals surface area contributed by atoms with Gasteiger partial charge in [-0.25, -0.2) is 0 Å². The third kappa shape index (κ3) is 1.46. The first-order chi connectivity index (χ1) is 8.20. The Hall–Kier alpha value is -1.47. The van der Waals surface area contributed by atoms with E-state index in [-0.39, 0.29) is 0 Å². The molecule has 0 heterocycles. The minimum Gasteiger partial charge on any atom is -0.143 e. The van der Waals surface area contributed by atoms with Crippen molar-refractivity contribution in [3.63, 3.8) is 0 Å². The van der Waals surface area contributed by atoms with Crippen LogP contribution in [0, 0.1) is 13.8 Å². The molecule has 0 fully saturated rings. The van der Waals surface area contributed by atoms with Crippen molar-refractivity contribution in [1.82, 2.24) is 0 Å². The fraction of sp³-hybridized carbons (Fsp3) is 0.125. The van der Waals surface area contributed by atoms with Crippen molar-refractivity contribution in [3.05, 3.63) is 53.6 Å². The van der Waals surface area contributed by atoms with Crippen molar-refractivity contribution in [3.8, 4) is 0 Å². The highest BCUT2D eigenvalue weighted by molar-refractivity contribution is 7.80. The predicted octanol–water partition coefficient (Wildman–Crippen LogP) is 4.90. The lowest BCUT2D eigenvalue weighted by molar-refractivity contribution is 1.46. The smallest absolute Gasteiger partial charge is 0.0122 e. The fourth-order valence-corrected chi connectivity index (χ4v) is 3.04. The second-order valence-electron chi connectivity index (χ2n) is 4.50. The van der Waals surface area contributed by atoms with Gasteiger partial charge in [-0.2, -0.15) is 0 Å². The Morgan fingerprint density at radius 2 is 1.29 bits per heavy atom. The van der Waals surface area contributed by atoms with Crippen molar-refractivity contribution < 1.29 is 0 Å². The van der Waals surface area contributed by atoms with Gasteiger partial charge in [0.15, 0.2) is 0 Å². The maximum absolute atomic E-state index is 4.59. The van der Waals surface area contributed by atoms with E-state index in [1.54, 1.807) is 0 Å². The van der Waals surface area contributed by atoms with E-state index in [1.165, 1.54) is 32.7 Å². The molecule has 3 rings (SSSR count). The van der Waals surface area contributed by atoms with Crippen LogP contribution < -0.4 is 0 Å². The zero-order chi connectivity index (χ0) is 12.0. The van der Waals surface area contributed by atoms with Crippen LogP contribution in [-0.2, 0) is 0 Å². The molecule has 0 aromatic heterocycles. The lowest BCUT2D eigenvalue weighted by atomic mass is 9.93. The molecule has 0 saturated heterocycles. The van der Waals surface area contributed by atoms with Gasteiger partial charge in [0.05, 0.1) is 0 Å². The Balaban J connectivity index is 2.69. The number of rotatable bonds is 0. The van der Waals surface area contributed by atoms with Crippen molar-refractivity contribution in [1.29, 1.82) is 0 Å². The van der Waals surface area contributed by atoms with Crippen LogP contribution in [0.25, 0.3) is 21.5 Å². The topological polar surface area (TPSA) is 0 Å². The molecule has 0 radical (unpaired) electrons. The van der Waals surface area contributed by atoms with Crippen LogP contribution in [0.5, 0.6) is 0 Å². The Morgan fingerprint density at radius 1 is 0.706 bits per heavy atom. The third-order valence-electron chi connectivity index (χ3n) is 3.56. The van der Waals surface area contributed by atoms with Crippen molar-refractivity contribution in [2.75, 3.05) is 0 Å². The Labute approximate surface area is 107 Å². The van der Waals surface area contributed by atoms with Crippen LogP contribution in [0.15, 0.2) is 47.4 Å². The molecule has 0 spiro atoms. The van der Waals surface area contributed by atoms with E-state index in [0.717, 1.165) is 4.90 Å². The average Bonchev–Trinajstić information content (AvgIpc) is 2.36. The van der Waals surface area contributed by atoms with E-state index in [2.05, 4.69) is 68.9 Å². The van der Waals surface area contributed by atoms with Gasteiger partial charge in [-0.05, 0) is 52.6 Å².